The van der Waals surface area contributed by atoms with Gasteiger partial charge in [0, 0.05) is 12.5 Å². The van der Waals surface area contributed by atoms with Gasteiger partial charge in [0.2, 0.25) is 5.71 Å². The van der Waals surface area contributed by atoms with Crippen molar-refractivity contribution in [3.63, 3.8) is 0 Å². The van der Waals surface area contributed by atoms with Gasteiger partial charge in [-0.2, -0.15) is 5.43 Å². The Morgan fingerprint density at radius 1 is 1.29 bits per heavy atom. The van der Waals surface area contributed by atoms with Crippen LogP contribution in [0, 0.1) is 0 Å². The molecule has 2 nitrogen and oxygen atoms in total. The quantitative estimate of drug-likeness (QED) is 0.638. The fourth-order valence-corrected chi connectivity index (χ4v) is 2.19. The van der Waals surface area contributed by atoms with E-state index < -0.39 is 0 Å². The molecule has 1 aliphatic rings. The highest BCUT2D eigenvalue weighted by Gasteiger charge is 2.21. The molecule has 0 bridgehead atoms. The van der Waals surface area contributed by atoms with Gasteiger partial charge in [0.1, 0.15) is 4.99 Å². The van der Waals surface area contributed by atoms with Crippen LogP contribution in [0.5, 0.6) is 0 Å². The van der Waals surface area contributed by atoms with E-state index in [2.05, 4.69) is 55.1 Å². The molecule has 3 heteroatoms. The highest BCUT2D eigenvalue weighted by molar-refractivity contribution is 7.80. The Balaban J connectivity index is 2.25. The molecule has 1 aromatic rings. The lowest BCUT2D eigenvalue weighted by molar-refractivity contribution is -0.555. The Hall–Kier alpha value is -1.22. The normalized spacial score (nSPS) is 18.5. The van der Waals surface area contributed by atoms with Gasteiger partial charge in [0.05, 0.1) is 6.42 Å². The van der Waals surface area contributed by atoms with E-state index in [0.29, 0.717) is 5.92 Å². The molecular formula is C14H19N2S+. The first kappa shape index (κ1) is 12.2. The molecule has 1 fully saturated rings. The number of hydrazine groups is 1. The summed E-state index contributed by atoms with van der Waals surface area (Å²) in [5.74, 6) is 0.585. The van der Waals surface area contributed by atoms with Crippen LogP contribution in [0.1, 0.15) is 44.2 Å². The fraction of sp³-hybridized carbons (Fsp3) is 0.429. The van der Waals surface area contributed by atoms with Gasteiger partial charge in [-0.15, -0.1) is 4.68 Å². The van der Waals surface area contributed by atoms with Gasteiger partial charge in [-0.25, -0.2) is 0 Å². The van der Waals surface area contributed by atoms with Crippen LogP contribution in [-0.2, 0) is 0 Å². The van der Waals surface area contributed by atoms with Gasteiger partial charge in [-0.1, -0.05) is 38.2 Å². The second-order valence-corrected chi connectivity index (χ2v) is 5.29. The summed E-state index contributed by atoms with van der Waals surface area (Å²) >= 11 is 5.15. The van der Waals surface area contributed by atoms with Crippen molar-refractivity contribution in [1.29, 1.82) is 0 Å². The highest BCUT2D eigenvalue weighted by Crippen LogP contribution is 2.15. The Labute approximate surface area is 108 Å². The van der Waals surface area contributed by atoms with Crippen LogP contribution in [0.2, 0.25) is 0 Å². The summed E-state index contributed by atoms with van der Waals surface area (Å²) in [6.07, 6.45) is 0.955. The molecule has 1 heterocycles. The minimum Gasteiger partial charge on any atom is -0.159 e. The number of nitrogens with zero attached hydrogens (tertiary/aromatic N) is 1. The highest BCUT2D eigenvalue weighted by atomic mass is 32.1. The zero-order valence-electron chi connectivity index (χ0n) is 10.7. The van der Waals surface area contributed by atoms with E-state index in [-0.39, 0.29) is 0 Å². The van der Waals surface area contributed by atoms with Crippen LogP contribution in [0.3, 0.4) is 0 Å². The number of rotatable bonds is 2. The summed E-state index contributed by atoms with van der Waals surface area (Å²) in [5, 5.41) is 0. The van der Waals surface area contributed by atoms with Gasteiger partial charge < -0.3 is 0 Å². The third kappa shape index (κ3) is 2.72. The summed E-state index contributed by atoms with van der Waals surface area (Å²) in [5.41, 5.74) is 7.09. The van der Waals surface area contributed by atoms with Crippen molar-refractivity contribution in [3.8, 4) is 0 Å². The van der Waals surface area contributed by atoms with E-state index >= 15 is 0 Å². The minimum absolute atomic E-state index is 0.585. The zero-order valence-corrected chi connectivity index (χ0v) is 11.5. The van der Waals surface area contributed by atoms with E-state index in [4.69, 9.17) is 12.2 Å². The molecule has 1 N–H and O–H groups in total. The maximum Gasteiger partial charge on any atom is 0.210 e. The van der Waals surface area contributed by atoms with Crippen molar-refractivity contribution in [2.45, 2.75) is 33.1 Å². The molecule has 0 amide bonds. The number of thiocarbonyl (C=S) groups is 1. The van der Waals surface area contributed by atoms with Gasteiger partial charge in [-0.05, 0) is 23.6 Å². The molecule has 1 aliphatic heterocycles. The molecule has 17 heavy (non-hydrogen) atoms. The molecule has 0 unspecified atom stereocenters. The summed E-state index contributed by atoms with van der Waals surface area (Å²) < 4.78 is 2.13. The average Bonchev–Trinajstić information content (AvgIpc) is 2.75. The van der Waals surface area contributed by atoms with Crippen LogP contribution in [0.25, 0.3) is 0 Å². The number of nitrogens with one attached hydrogen (secondary N) is 1. The summed E-state index contributed by atoms with van der Waals surface area (Å²) in [7, 11) is 0. The van der Waals surface area contributed by atoms with E-state index in [1.807, 2.05) is 0 Å². The van der Waals surface area contributed by atoms with E-state index in [9.17, 15) is 0 Å². The number of hydrazone groups is 1. The van der Waals surface area contributed by atoms with Crippen LogP contribution in [0.15, 0.2) is 24.3 Å². The largest absolute Gasteiger partial charge is 0.210 e. The van der Waals surface area contributed by atoms with Gasteiger partial charge in [-0.3, -0.25) is 0 Å². The first-order chi connectivity index (χ1) is 8.08. The molecule has 0 saturated carbocycles. The predicted molar refractivity (Wildman–Crippen MR) is 75.8 cm³/mol. The summed E-state index contributed by atoms with van der Waals surface area (Å²) in [4.78, 5) is 0.933. The standard InChI is InChI=1S/C14H18N2S/c1-10(2)12-4-6-13(7-5-12)11(3)16-9-8-14(17)15-16/h4-7,10H,8-9H2,1-3H3/p+1/b16-11-. The number of benzene rings is 1. The predicted octanol–water partition coefficient (Wildman–Crippen LogP) is 2.87. The maximum absolute atomic E-state index is 5.15. The minimum atomic E-state index is 0.585. The van der Waals surface area contributed by atoms with E-state index in [0.717, 1.165) is 18.0 Å². The molecule has 0 aromatic heterocycles. The Morgan fingerprint density at radius 3 is 2.41 bits per heavy atom. The van der Waals surface area contributed by atoms with Gasteiger partial charge in [0.15, 0.2) is 6.54 Å². The average molecular weight is 247 g/mol. The van der Waals surface area contributed by atoms with E-state index in [1.54, 1.807) is 0 Å². The number of hydrogen-bond donors (Lipinski definition) is 1. The summed E-state index contributed by atoms with van der Waals surface area (Å²) in [6.45, 7) is 7.53. The van der Waals surface area contributed by atoms with Crippen LogP contribution >= 0.6 is 12.2 Å². The molecule has 90 valence electrons. The van der Waals surface area contributed by atoms with Crippen LogP contribution in [0.4, 0.5) is 0 Å². The first-order valence-electron chi connectivity index (χ1n) is 6.09. The van der Waals surface area contributed by atoms with Crippen molar-refractivity contribution in [2.75, 3.05) is 6.54 Å². The van der Waals surface area contributed by atoms with Crippen molar-refractivity contribution in [2.24, 2.45) is 0 Å². The molecular weight excluding hydrogens is 228 g/mol. The fourth-order valence-electron chi connectivity index (χ4n) is 1.99. The second kappa shape index (κ2) is 4.96. The first-order valence-corrected chi connectivity index (χ1v) is 6.49. The third-order valence-corrected chi connectivity index (χ3v) is 3.52. The maximum atomic E-state index is 5.15. The monoisotopic (exact) mass is 247 g/mol. The Kier molecular flexibility index (Phi) is 3.57. The van der Waals surface area contributed by atoms with Crippen LogP contribution in [-0.4, -0.2) is 21.9 Å². The SMILES string of the molecule is C/C(c1ccc(C(C)C)cc1)=[N+]1\CCC(=S)N1. The zero-order chi connectivity index (χ0) is 12.4. The topological polar surface area (TPSA) is 15.0 Å². The van der Waals surface area contributed by atoms with Crippen molar-refractivity contribution in [3.05, 3.63) is 35.4 Å². The molecule has 0 radical (unpaired) electrons. The smallest absolute Gasteiger partial charge is 0.159 e. The second-order valence-electron chi connectivity index (χ2n) is 4.80. The lowest BCUT2D eigenvalue weighted by atomic mass is 10.0. The lowest BCUT2D eigenvalue weighted by Crippen LogP contribution is -2.28. The third-order valence-electron chi connectivity index (χ3n) is 3.22. The van der Waals surface area contributed by atoms with Gasteiger partial charge in [0.25, 0.3) is 0 Å². The summed E-state index contributed by atoms with van der Waals surface area (Å²) in [6, 6.07) is 8.79. The molecule has 2 rings (SSSR count). The Bertz CT molecular complexity index is 458. The van der Waals surface area contributed by atoms with Crippen LogP contribution < -0.4 is 5.43 Å². The molecule has 0 atom stereocenters. The van der Waals surface area contributed by atoms with Crippen molar-refractivity contribution >= 4 is 22.9 Å². The molecule has 0 aliphatic carbocycles. The van der Waals surface area contributed by atoms with E-state index in [1.165, 1.54) is 16.8 Å². The van der Waals surface area contributed by atoms with Crippen molar-refractivity contribution in [1.82, 2.24) is 5.43 Å². The van der Waals surface area contributed by atoms with Gasteiger partial charge >= 0.3 is 0 Å². The molecule has 1 aromatic carbocycles. The van der Waals surface area contributed by atoms with Crippen molar-refractivity contribution < 1.29 is 4.68 Å². The lowest BCUT2D eigenvalue weighted by Gasteiger charge is -2.06. The Morgan fingerprint density at radius 2 is 1.94 bits per heavy atom. The molecule has 0 spiro atoms. The molecule has 1 saturated heterocycles. The number of hydrogen-bond acceptors (Lipinski definition) is 1.